The molecule has 0 aromatic rings. The molecule has 0 amide bonds. The Balaban J connectivity index is 4.65. The molecule has 0 fully saturated rings. The standard InChI is InChI=1S/C9H22Cl3N4OP/c1-14(2)18(13-12,15(3)4)16(5)8-17-7-9(11)6-10/h9H,6-8H2,1-5H3. The van der Waals surface area contributed by atoms with Crippen LogP contribution in [0, 0.1) is 0 Å². The second-order valence-electron chi connectivity index (χ2n) is 4.22. The molecule has 0 saturated carbocycles. The molecule has 0 aromatic carbocycles. The van der Waals surface area contributed by atoms with Gasteiger partial charge in [-0.25, -0.2) is 4.67 Å². The Hall–Kier alpha value is 0.940. The first-order chi connectivity index (χ1) is 8.32. The number of ether oxygens (including phenoxy) is 1. The number of hydrogen-bond acceptors (Lipinski definition) is 2. The van der Waals surface area contributed by atoms with E-state index < -0.39 is 7.51 Å². The largest absolute Gasteiger partial charge is 0.364 e. The molecule has 0 rings (SSSR count). The van der Waals surface area contributed by atoms with E-state index in [4.69, 9.17) is 39.7 Å². The normalized spacial score (nSPS) is 14.6. The Bertz CT molecular complexity index is 279. The van der Waals surface area contributed by atoms with Crippen molar-refractivity contribution in [3.63, 3.8) is 0 Å². The molecule has 0 heterocycles. The van der Waals surface area contributed by atoms with Crippen molar-refractivity contribution in [2.45, 2.75) is 5.38 Å². The topological polar surface area (TPSA) is 31.3 Å². The van der Waals surface area contributed by atoms with Gasteiger partial charge >= 0.3 is 0 Å². The molecule has 0 saturated heterocycles. The van der Waals surface area contributed by atoms with Crippen molar-refractivity contribution >= 4 is 42.5 Å². The average molecular weight is 340 g/mol. The van der Waals surface area contributed by atoms with Gasteiger partial charge in [-0.1, -0.05) is 0 Å². The van der Waals surface area contributed by atoms with E-state index in [2.05, 4.69) is 4.26 Å². The van der Waals surface area contributed by atoms with Crippen LogP contribution in [-0.4, -0.2) is 73.8 Å². The predicted octanol–water partition coefficient (Wildman–Crippen LogP) is 2.96. The van der Waals surface area contributed by atoms with Gasteiger partial charge in [-0.3, -0.25) is 9.34 Å². The van der Waals surface area contributed by atoms with Gasteiger partial charge in [0.15, 0.2) is 7.51 Å². The number of alkyl halides is 2. The van der Waals surface area contributed by atoms with E-state index in [9.17, 15) is 0 Å². The van der Waals surface area contributed by atoms with E-state index >= 15 is 0 Å². The maximum absolute atomic E-state index is 5.89. The monoisotopic (exact) mass is 338 g/mol. The molecule has 0 aliphatic carbocycles. The van der Waals surface area contributed by atoms with Crippen LogP contribution >= 0.6 is 42.5 Å². The Morgan fingerprint density at radius 3 is 2.00 bits per heavy atom. The van der Waals surface area contributed by atoms with Crippen molar-refractivity contribution in [2.24, 2.45) is 4.26 Å². The van der Waals surface area contributed by atoms with Crippen molar-refractivity contribution in [3.05, 3.63) is 0 Å². The second-order valence-corrected chi connectivity index (χ2v) is 9.10. The number of nitrogens with zero attached hydrogens (tertiary/aromatic N) is 4. The number of halogens is 3. The third-order valence-corrected chi connectivity index (χ3v) is 7.18. The molecule has 18 heavy (non-hydrogen) atoms. The van der Waals surface area contributed by atoms with Crippen molar-refractivity contribution in [3.8, 4) is 0 Å². The molecule has 1 atom stereocenters. The molecule has 5 nitrogen and oxygen atoms in total. The number of rotatable bonds is 8. The van der Waals surface area contributed by atoms with Gasteiger partial charge < -0.3 is 4.74 Å². The SMILES string of the molecule is CN(C)P(=NCl)(N(C)C)N(C)COCC(Cl)CCl. The fourth-order valence-electron chi connectivity index (χ4n) is 1.60. The maximum atomic E-state index is 5.89. The first kappa shape index (κ1) is 18.9. The van der Waals surface area contributed by atoms with E-state index in [1.54, 1.807) is 0 Å². The fraction of sp³-hybridized carbons (Fsp3) is 1.00. The van der Waals surface area contributed by atoms with Crippen LogP contribution in [0.4, 0.5) is 0 Å². The third-order valence-electron chi connectivity index (χ3n) is 2.38. The van der Waals surface area contributed by atoms with Crippen LogP contribution < -0.4 is 0 Å². The van der Waals surface area contributed by atoms with Crippen LogP contribution in [0.3, 0.4) is 0 Å². The van der Waals surface area contributed by atoms with Gasteiger partial charge in [0.2, 0.25) is 0 Å². The van der Waals surface area contributed by atoms with E-state index in [-0.39, 0.29) is 5.38 Å². The van der Waals surface area contributed by atoms with Crippen LogP contribution in [0.2, 0.25) is 0 Å². The van der Waals surface area contributed by atoms with Gasteiger partial charge in [-0.2, -0.15) is 4.26 Å². The Labute approximate surface area is 125 Å². The first-order valence-electron chi connectivity index (χ1n) is 5.40. The van der Waals surface area contributed by atoms with Crippen LogP contribution in [0.15, 0.2) is 4.26 Å². The lowest BCUT2D eigenvalue weighted by molar-refractivity contribution is 0.0800. The fourth-order valence-corrected chi connectivity index (χ4v) is 5.49. The molecule has 0 aromatic heterocycles. The van der Waals surface area contributed by atoms with Gasteiger partial charge in [0, 0.05) is 17.7 Å². The maximum Gasteiger partial charge on any atom is 0.186 e. The highest BCUT2D eigenvalue weighted by atomic mass is 35.5. The van der Waals surface area contributed by atoms with Crippen molar-refractivity contribution in [1.29, 1.82) is 0 Å². The predicted molar refractivity (Wildman–Crippen MR) is 81.5 cm³/mol. The summed E-state index contributed by atoms with van der Waals surface area (Å²) in [6.45, 7) is 0.791. The van der Waals surface area contributed by atoms with Crippen LogP contribution in [0.5, 0.6) is 0 Å². The molecule has 0 aliphatic heterocycles. The Morgan fingerprint density at radius 1 is 1.17 bits per heavy atom. The van der Waals surface area contributed by atoms with Crippen molar-refractivity contribution < 1.29 is 4.74 Å². The third kappa shape index (κ3) is 4.80. The zero-order valence-corrected chi connectivity index (χ0v) is 14.6. The summed E-state index contributed by atoms with van der Waals surface area (Å²) in [5.74, 6) is 0.368. The summed E-state index contributed by atoms with van der Waals surface area (Å²) in [4.78, 5) is 0. The van der Waals surface area contributed by atoms with Gasteiger partial charge in [0.05, 0.1) is 12.0 Å². The molecule has 0 bridgehead atoms. The molecule has 0 spiro atoms. The molecule has 110 valence electrons. The van der Waals surface area contributed by atoms with Gasteiger partial charge in [-0.05, 0) is 35.2 Å². The molecule has 0 radical (unpaired) electrons. The Kier molecular flexibility index (Phi) is 9.45. The highest BCUT2D eigenvalue weighted by Gasteiger charge is 2.30. The van der Waals surface area contributed by atoms with Crippen molar-refractivity contribution in [2.75, 3.05) is 54.5 Å². The van der Waals surface area contributed by atoms with Crippen LogP contribution in [0.1, 0.15) is 0 Å². The smallest absolute Gasteiger partial charge is 0.186 e. The van der Waals surface area contributed by atoms with Gasteiger partial charge in [0.25, 0.3) is 0 Å². The summed E-state index contributed by atoms with van der Waals surface area (Å²) in [5, 5.41) is -0.181. The molecule has 9 heteroatoms. The summed E-state index contributed by atoms with van der Waals surface area (Å²) in [7, 11) is 7.60. The minimum atomic E-state index is -2.09. The lowest BCUT2D eigenvalue weighted by atomic mass is 10.5. The summed E-state index contributed by atoms with van der Waals surface area (Å²) >= 11 is 17.3. The summed E-state index contributed by atoms with van der Waals surface area (Å²) in [6.07, 6.45) is 0. The summed E-state index contributed by atoms with van der Waals surface area (Å²) in [6, 6.07) is 0. The second kappa shape index (κ2) is 8.98. The van der Waals surface area contributed by atoms with E-state index in [0.717, 1.165) is 0 Å². The highest BCUT2D eigenvalue weighted by Crippen LogP contribution is 2.56. The quantitative estimate of drug-likeness (QED) is 0.386. The molecule has 1 unspecified atom stereocenters. The molecule has 0 N–H and O–H groups in total. The van der Waals surface area contributed by atoms with E-state index in [0.29, 0.717) is 19.2 Å². The number of hydrogen-bond donors (Lipinski definition) is 0. The minimum absolute atomic E-state index is 0.181. The van der Waals surface area contributed by atoms with E-state index in [1.807, 2.05) is 49.2 Å². The molecule has 0 aliphatic rings. The summed E-state index contributed by atoms with van der Waals surface area (Å²) < 4.78 is 15.6. The van der Waals surface area contributed by atoms with Gasteiger partial charge in [-0.15, -0.1) is 23.2 Å². The lowest BCUT2D eigenvalue weighted by Crippen LogP contribution is -2.34. The Morgan fingerprint density at radius 2 is 1.67 bits per heavy atom. The zero-order valence-electron chi connectivity index (χ0n) is 11.5. The molecular weight excluding hydrogens is 317 g/mol. The average Bonchev–Trinajstić information content (AvgIpc) is 2.29. The first-order valence-corrected chi connectivity index (χ1v) is 8.31. The zero-order chi connectivity index (χ0) is 14.3. The van der Waals surface area contributed by atoms with E-state index in [1.165, 1.54) is 0 Å². The van der Waals surface area contributed by atoms with Crippen LogP contribution in [0.25, 0.3) is 0 Å². The lowest BCUT2D eigenvalue weighted by Gasteiger charge is -2.41. The van der Waals surface area contributed by atoms with Crippen LogP contribution in [-0.2, 0) is 4.74 Å². The van der Waals surface area contributed by atoms with Crippen molar-refractivity contribution in [1.82, 2.24) is 14.0 Å². The highest BCUT2D eigenvalue weighted by molar-refractivity contribution is 7.59. The van der Waals surface area contributed by atoms with Gasteiger partial charge in [0.1, 0.15) is 6.73 Å². The molecular formula is C9H22Cl3N4OP. The summed E-state index contributed by atoms with van der Waals surface area (Å²) in [5.41, 5.74) is 0. The minimum Gasteiger partial charge on any atom is -0.364 e.